The normalized spacial score (nSPS) is 12.6. The third-order valence-corrected chi connectivity index (χ3v) is 4.06. The van der Waals surface area contributed by atoms with Gasteiger partial charge in [-0.05, 0) is 35.4 Å². The van der Waals surface area contributed by atoms with Crippen molar-refractivity contribution in [3.05, 3.63) is 59.2 Å². The van der Waals surface area contributed by atoms with Crippen molar-refractivity contribution in [2.75, 3.05) is 27.1 Å². The van der Waals surface area contributed by atoms with Crippen LogP contribution in [0, 0.1) is 0 Å². The lowest BCUT2D eigenvalue weighted by atomic mass is 10.1. The molecule has 0 radical (unpaired) electrons. The Balaban J connectivity index is 1.69. The largest absolute Gasteiger partial charge is 0.478 e. The van der Waals surface area contributed by atoms with Gasteiger partial charge in [0, 0.05) is 26.7 Å². The molecule has 0 aromatic heterocycles. The van der Waals surface area contributed by atoms with Crippen LogP contribution in [0.4, 0.5) is 0 Å². The molecule has 0 bridgehead atoms. The molecule has 132 valence electrons. The van der Waals surface area contributed by atoms with Crippen molar-refractivity contribution in [1.82, 2.24) is 4.90 Å². The number of ether oxygens (including phenoxy) is 3. The average Bonchev–Trinajstić information content (AvgIpc) is 3.08. The topological polar surface area (TPSA) is 68.2 Å². The van der Waals surface area contributed by atoms with Crippen LogP contribution in [0.3, 0.4) is 0 Å². The summed E-state index contributed by atoms with van der Waals surface area (Å²) in [7, 11) is 1.68. The van der Waals surface area contributed by atoms with E-state index in [-0.39, 0.29) is 6.79 Å². The summed E-state index contributed by atoms with van der Waals surface area (Å²) in [6.45, 7) is 3.10. The summed E-state index contributed by atoms with van der Waals surface area (Å²) in [5.74, 6) is 0.634. The highest BCUT2D eigenvalue weighted by atomic mass is 16.7. The van der Waals surface area contributed by atoms with Crippen LogP contribution in [-0.4, -0.2) is 43.0 Å². The fourth-order valence-corrected chi connectivity index (χ4v) is 2.74. The number of hydrogen-bond acceptors (Lipinski definition) is 5. The van der Waals surface area contributed by atoms with E-state index in [1.807, 2.05) is 30.3 Å². The summed E-state index contributed by atoms with van der Waals surface area (Å²) < 4.78 is 16.0. The highest BCUT2D eigenvalue weighted by molar-refractivity contribution is 5.87. The van der Waals surface area contributed by atoms with Gasteiger partial charge >= 0.3 is 5.97 Å². The molecule has 0 unspecified atom stereocenters. The van der Waals surface area contributed by atoms with Gasteiger partial charge in [0.1, 0.15) is 0 Å². The van der Waals surface area contributed by atoms with Gasteiger partial charge in [-0.1, -0.05) is 18.2 Å². The van der Waals surface area contributed by atoms with Gasteiger partial charge in [-0.15, -0.1) is 0 Å². The van der Waals surface area contributed by atoms with Crippen LogP contribution in [0.2, 0.25) is 0 Å². The number of carboxylic acid groups (broad SMARTS) is 1. The second-order valence-electron chi connectivity index (χ2n) is 5.89. The number of aromatic carboxylic acids is 1. The maximum atomic E-state index is 11.0. The summed E-state index contributed by atoms with van der Waals surface area (Å²) in [5.41, 5.74) is 2.48. The van der Waals surface area contributed by atoms with Crippen molar-refractivity contribution in [1.29, 1.82) is 0 Å². The lowest BCUT2D eigenvalue weighted by Crippen LogP contribution is -2.26. The zero-order valence-electron chi connectivity index (χ0n) is 14.1. The summed E-state index contributed by atoms with van der Waals surface area (Å²) in [5, 5.41) is 9.00. The molecule has 0 aliphatic carbocycles. The highest BCUT2D eigenvalue weighted by Gasteiger charge is 2.15. The molecule has 6 nitrogen and oxygen atoms in total. The van der Waals surface area contributed by atoms with Crippen molar-refractivity contribution in [3.8, 4) is 11.5 Å². The van der Waals surface area contributed by atoms with Crippen molar-refractivity contribution in [2.24, 2.45) is 0 Å². The second kappa shape index (κ2) is 8.00. The number of fused-ring (bicyclic) bond motifs is 1. The Kier molecular flexibility index (Phi) is 5.53. The minimum absolute atomic E-state index is 0.266. The molecular formula is C19H21NO5. The molecule has 1 heterocycles. The van der Waals surface area contributed by atoms with Gasteiger partial charge in [-0.2, -0.15) is 0 Å². The Hall–Kier alpha value is -2.57. The van der Waals surface area contributed by atoms with Crippen LogP contribution in [0.15, 0.2) is 42.5 Å². The Bertz CT molecular complexity index is 729. The number of carbonyl (C=O) groups is 1. The number of benzene rings is 2. The molecule has 2 aromatic carbocycles. The minimum Gasteiger partial charge on any atom is -0.478 e. The molecule has 1 aliphatic rings. The molecule has 0 amide bonds. The number of carboxylic acids is 1. The Morgan fingerprint density at radius 1 is 1.08 bits per heavy atom. The van der Waals surface area contributed by atoms with Crippen LogP contribution in [0.25, 0.3) is 0 Å². The van der Waals surface area contributed by atoms with Gasteiger partial charge < -0.3 is 19.3 Å². The SMILES string of the molecule is COCCN(Cc1ccc(C(=O)O)cc1)Cc1ccc2c(c1)OCO2. The van der Waals surface area contributed by atoms with Crippen LogP contribution in [-0.2, 0) is 17.8 Å². The average molecular weight is 343 g/mol. The predicted octanol–water partition coefficient (Wildman–Crippen LogP) is 2.76. The van der Waals surface area contributed by atoms with Gasteiger partial charge in [0.2, 0.25) is 6.79 Å². The minimum atomic E-state index is -0.914. The lowest BCUT2D eigenvalue weighted by Gasteiger charge is -2.22. The van der Waals surface area contributed by atoms with Crippen molar-refractivity contribution < 1.29 is 24.1 Å². The van der Waals surface area contributed by atoms with Crippen LogP contribution >= 0.6 is 0 Å². The zero-order chi connectivity index (χ0) is 17.6. The first-order chi connectivity index (χ1) is 12.2. The van der Waals surface area contributed by atoms with E-state index in [0.29, 0.717) is 18.7 Å². The number of hydrogen-bond donors (Lipinski definition) is 1. The molecule has 3 rings (SSSR count). The third-order valence-electron chi connectivity index (χ3n) is 4.06. The molecule has 0 fully saturated rings. The van der Waals surface area contributed by atoms with Crippen molar-refractivity contribution >= 4 is 5.97 Å². The van der Waals surface area contributed by atoms with E-state index in [2.05, 4.69) is 4.90 Å². The standard InChI is InChI=1S/C19H21NO5/c1-23-9-8-20(11-14-2-5-16(6-3-14)19(21)22)12-15-4-7-17-18(10-15)25-13-24-17/h2-7,10H,8-9,11-13H2,1H3,(H,21,22). The maximum Gasteiger partial charge on any atom is 0.335 e. The van der Waals surface area contributed by atoms with E-state index in [1.54, 1.807) is 19.2 Å². The quantitative estimate of drug-likeness (QED) is 0.795. The second-order valence-corrected chi connectivity index (χ2v) is 5.89. The van der Waals surface area contributed by atoms with E-state index < -0.39 is 5.97 Å². The monoisotopic (exact) mass is 343 g/mol. The van der Waals surface area contributed by atoms with Gasteiger partial charge in [-0.25, -0.2) is 4.79 Å². The molecule has 0 saturated carbocycles. The Morgan fingerprint density at radius 3 is 2.48 bits per heavy atom. The first kappa shape index (κ1) is 17.3. The van der Waals surface area contributed by atoms with Crippen molar-refractivity contribution in [2.45, 2.75) is 13.1 Å². The fourth-order valence-electron chi connectivity index (χ4n) is 2.74. The molecule has 25 heavy (non-hydrogen) atoms. The Morgan fingerprint density at radius 2 is 1.76 bits per heavy atom. The summed E-state index contributed by atoms with van der Waals surface area (Å²) in [6, 6.07) is 12.9. The number of nitrogens with zero attached hydrogens (tertiary/aromatic N) is 1. The van der Waals surface area contributed by atoms with Crippen LogP contribution in [0.1, 0.15) is 21.5 Å². The van der Waals surface area contributed by atoms with Gasteiger partial charge in [0.15, 0.2) is 11.5 Å². The van der Waals surface area contributed by atoms with Gasteiger partial charge in [-0.3, -0.25) is 4.90 Å². The number of rotatable bonds is 8. The van der Waals surface area contributed by atoms with Crippen LogP contribution < -0.4 is 9.47 Å². The lowest BCUT2D eigenvalue weighted by molar-refractivity contribution is 0.0697. The maximum absolute atomic E-state index is 11.0. The van der Waals surface area contributed by atoms with Crippen LogP contribution in [0.5, 0.6) is 11.5 Å². The zero-order valence-corrected chi connectivity index (χ0v) is 14.1. The summed E-state index contributed by atoms with van der Waals surface area (Å²) >= 11 is 0. The van der Waals surface area contributed by atoms with Crippen molar-refractivity contribution in [3.63, 3.8) is 0 Å². The smallest absolute Gasteiger partial charge is 0.335 e. The highest BCUT2D eigenvalue weighted by Crippen LogP contribution is 2.32. The number of methoxy groups -OCH3 is 1. The molecule has 0 saturated heterocycles. The van der Waals surface area contributed by atoms with E-state index in [9.17, 15) is 4.79 Å². The van der Waals surface area contributed by atoms with E-state index >= 15 is 0 Å². The van der Waals surface area contributed by atoms with E-state index in [1.165, 1.54) is 0 Å². The van der Waals surface area contributed by atoms with E-state index in [0.717, 1.165) is 35.7 Å². The van der Waals surface area contributed by atoms with Gasteiger partial charge in [0.05, 0.1) is 12.2 Å². The summed E-state index contributed by atoms with van der Waals surface area (Å²) in [6.07, 6.45) is 0. The molecule has 0 spiro atoms. The summed E-state index contributed by atoms with van der Waals surface area (Å²) in [4.78, 5) is 13.2. The van der Waals surface area contributed by atoms with Gasteiger partial charge in [0.25, 0.3) is 0 Å². The molecule has 6 heteroatoms. The molecular weight excluding hydrogens is 322 g/mol. The third kappa shape index (κ3) is 4.49. The first-order valence-electron chi connectivity index (χ1n) is 8.08. The molecule has 1 aliphatic heterocycles. The Labute approximate surface area is 146 Å². The molecule has 2 aromatic rings. The fraction of sp³-hybridized carbons (Fsp3) is 0.316. The van der Waals surface area contributed by atoms with E-state index in [4.69, 9.17) is 19.3 Å². The predicted molar refractivity (Wildman–Crippen MR) is 92.0 cm³/mol. The molecule has 1 N–H and O–H groups in total. The first-order valence-corrected chi connectivity index (χ1v) is 8.08. The molecule has 0 atom stereocenters.